The summed E-state index contributed by atoms with van der Waals surface area (Å²) in [5, 5.41) is 0. The second-order valence-electron chi connectivity index (χ2n) is 8.20. The number of piperazine rings is 1. The van der Waals surface area contributed by atoms with Gasteiger partial charge in [-0.05, 0) is 0 Å². The molecule has 1 aliphatic heterocycles. The van der Waals surface area contributed by atoms with Gasteiger partial charge >= 0.3 is 159 Å². The quantitative estimate of drug-likeness (QED) is 0.638. The summed E-state index contributed by atoms with van der Waals surface area (Å²) in [5.41, 5.74) is -0.498. The Morgan fingerprint density at radius 3 is 2.28 bits per heavy atom. The summed E-state index contributed by atoms with van der Waals surface area (Å²) >= 11 is -1.15. The number of carbonyl (C=O) groups is 1. The zero-order valence-electron chi connectivity index (χ0n) is 15.9. The average molecular weight is 457 g/mol. The third-order valence-electron chi connectivity index (χ3n) is 3.44. The number of nitrogens with zero attached hydrogens (tertiary/aromatic N) is 4. The van der Waals surface area contributed by atoms with E-state index >= 15 is 0 Å². The van der Waals surface area contributed by atoms with Crippen molar-refractivity contribution in [2.45, 2.75) is 50.6 Å². The van der Waals surface area contributed by atoms with Crippen molar-refractivity contribution in [2.24, 2.45) is 0 Å². The molecule has 1 aliphatic rings. The molecule has 138 valence electrons. The molecule has 1 fully saturated rings. The molecule has 6 nitrogen and oxygen atoms in total. The van der Waals surface area contributed by atoms with E-state index in [4.69, 9.17) is 4.74 Å². The number of halogens is 1. The van der Waals surface area contributed by atoms with Crippen LogP contribution in [-0.4, -0.2) is 73.9 Å². The molecule has 0 bridgehead atoms. The summed E-state index contributed by atoms with van der Waals surface area (Å²) in [7, 11) is 0. The second kappa shape index (κ2) is 7.63. The first-order chi connectivity index (χ1) is 11.4. The first-order valence-electron chi connectivity index (χ1n) is 8.48. The molecule has 2 heterocycles. The van der Waals surface area contributed by atoms with Crippen LogP contribution in [0.25, 0.3) is 0 Å². The second-order valence-corrected chi connectivity index (χ2v) is 14.5. The summed E-state index contributed by atoms with van der Waals surface area (Å²) in [6, 6.07) is 0. The topological polar surface area (TPSA) is 58.6 Å². The molecule has 25 heavy (non-hydrogen) atoms. The number of rotatable bonds is 2. The van der Waals surface area contributed by atoms with E-state index in [9.17, 15) is 9.18 Å². The number of hydrogen-bond acceptors (Lipinski definition) is 5. The molecule has 0 atom stereocenters. The Morgan fingerprint density at radius 1 is 1.16 bits per heavy atom. The van der Waals surface area contributed by atoms with E-state index in [0.717, 1.165) is 0 Å². The third-order valence-corrected chi connectivity index (χ3v) is 7.26. The first kappa shape index (κ1) is 20.2. The molecule has 0 aliphatic carbocycles. The molecular formula is C17H27FN4O2Sn. The van der Waals surface area contributed by atoms with E-state index in [0.29, 0.717) is 35.8 Å². The molecule has 2 rings (SSSR count). The van der Waals surface area contributed by atoms with E-state index < -0.39 is 26.7 Å². The van der Waals surface area contributed by atoms with Gasteiger partial charge in [-0.25, -0.2) is 0 Å². The van der Waals surface area contributed by atoms with E-state index in [1.54, 1.807) is 4.90 Å². The van der Waals surface area contributed by atoms with Crippen LogP contribution in [0.1, 0.15) is 41.5 Å². The zero-order chi connectivity index (χ0) is 18.8. The summed E-state index contributed by atoms with van der Waals surface area (Å²) in [4.78, 5) is 24.5. The van der Waals surface area contributed by atoms with Gasteiger partial charge in [-0.1, -0.05) is 0 Å². The predicted molar refractivity (Wildman–Crippen MR) is 97.1 cm³/mol. The van der Waals surface area contributed by atoms with Crippen LogP contribution >= 0.6 is 0 Å². The van der Waals surface area contributed by atoms with Crippen molar-refractivity contribution in [3.05, 3.63) is 12.0 Å². The molecule has 1 aromatic rings. The molecule has 8 heteroatoms. The van der Waals surface area contributed by atoms with E-state index in [1.165, 1.54) is 6.20 Å². The monoisotopic (exact) mass is 458 g/mol. The molecule has 0 N–H and O–H groups in total. The van der Waals surface area contributed by atoms with E-state index in [2.05, 4.69) is 30.7 Å². The van der Waals surface area contributed by atoms with Crippen LogP contribution < -0.4 is 8.61 Å². The van der Waals surface area contributed by atoms with E-state index in [1.807, 2.05) is 25.7 Å². The summed E-state index contributed by atoms with van der Waals surface area (Å²) in [6.45, 7) is 14.3. The van der Waals surface area contributed by atoms with Gasteiger partial charge in [0.2, 0.25) is 0 Å². The molecule has 1 aromatic heterocycles. The Labute approximate surface area is 159 Å². The number of hydrogen-bond donors (Lipinski definition) is 0. The van der Waals surface area contributed by atoms with Crippen LogP contribution in [0, 0.1) is 5.82 Å². The Kier molecular flexibility index (Phi) is 6.17. The summed E-state index contributed by atoms with van der Waals surface area (Å²) in [6.07, 6.45) is 0.986. The van der Waals surface area contributed by atoms with E-state index in [-0.39, 0.29) is 15.3 Å². The first-order valence-corrected chi connectivity index (χ1v) is 11.3. The summed E-state index contributed by atoms with van der Waals surface area (Å²) in [5.74, 6) is 0.267. The van der Waals surface area contributed by atoms with Crippen molar-refractivity contribution >= 4 is 36.9 Å². The fourth-order valence-corrected chi connectivity index (χ4v) is 5.37. The number of carbonyl (C=O) groups excluding carboxylic acids is 1. The fraction of sp³-hybridized carbons (Fsp3) is 0.706. The van der Waals surface area contributed by atoms with Crippen LogP contribution in [0.2, 0.25) is 3.43 Å². The molecule has 0 saturated carbocycles. The molecule has 1 amide bonds. The van der Waals surface area contributed by atoms with Crippen molar-refractivity contribution in [1.29, 1.82) is 0 Å². The molecule has 2 radical (unpaired) electrons. The van der Waals surface area contributed by atoms with Gasteiger partial charge in [0.1, 0.15) is 0 Å². The van der Waals surface area contributed by atoms with Crippen LogP contribution in [0.4, 0.5) is 15.1 Å². The molecule has 0 spiro atoms. The van der Waals surface area contributed by atoms with Gasteiger partial charge in [0, 0.05) is 0 Å². The van der Waals surface area contributed by atoms with Gasteiger partial charge in [0.05, 0.1) is 0 Å². The maximum absolute atomic E-state index is 14.0. The fourth-order valence-electron chi connectivity index (χ4n) is 2.37. The maximum atomic E-state index is 14.0. The van der Waals surface area contributed by atoms with Crippen molar-refractivity contribution in [3.8, 4) is 0 Å². The number of anilines is 1. The minimum atomic E-state index is -1.15. The Morgan fingerprint density at radius 2 is 1.76 bits per heavy atom. The number of aromatic nitrogens is 2. The van der Waals surface area contributed by atoms with Gasteiger partial charge in [-0.15, -0.1) is 0 Å². The van der Waals surface area contributed by atoms with Crippen molar-refractivity contribution in [3.63, 3.8) is 0 Å². The van der Waals surface area contributed by atoms with Gasteiger partial charge in [0.25, 0.3) is 0 Å². The Balaban J connectivity index is 2.01. The van der Waals surface area contributed by atoms with Gasteiger partial charge in [-0.2, -0.15) is 0 Å². The SMILES string of the molecule is CC(C)(C)OC(=O)N1CCN(c2ncc(F)[c]([Sn][C](C)(C)C)n2)CC1. The number of ether oxygens (including phenoxy) is 1. The Hall–Kier alpha value is -1.12. The average Bonchev–Trinajstić information content (AvgIpc) is 2.46. The molecule has 1 saturated heterocycles. The Bertz CT molecular complexity index is 620. The third kappa shape index (κ3) is 6.27. The standard InChI is InChI=1S/C13H18FN4O2.C4H9.Sn/c1-13(2,3)20-12(19)18-6-4-17(5-7-18)11-15-8-10(14)9-16-11;1-4(2)3;/h8H,4-7H2,1-3H3;1-3H3;. The van der Waals surface area contributed by atoms with Crippen LogP contribution in [0.15, 0.2) is 6.20 Å². The zero-order valence-corrected chi connectivity index (χ0v) is 18.7. The van der Waals surface area contributed by atoms with Crippen LogP contribution in [0.5, 0.6) is 0 Å². The predicted octanol–water partition coefficient (Wildman–Crippen LogP) is 2.22. The van der Waals surface area contributed by atoms with Crippen LogP contribution in [0.3, 0.4) is 0 Å². The van der Waals surface area contributed by atoms with Gasteiger partial charge in [0.15, 0.2) is 0 Å². The minimum absolute atomic E-state index is 0.116. The summed E-state index contributed by atoms with van der Waals surface area (Å²) < 4.78 is 20.1. The molecular weight excluding hydrogens is 430 g/mol. The van der Waals surface area contributed by atoms with Gasteiger partial charge in [-0.3, -0.25) is 0 Å². The van der Waals surface area contributed by atoms with Crippen molar-refractivity contribution < 1.29 is 13.9 Å². The van der Waals surface area contributed by atoms with Crippen LogP contribution in [-0.2, 0) is 4.74 Å². The molecule has 0 unspecified atom stereocenters. The normalized spacial score (nSPS) is 16.1. The van der Waals surface area contributed by atoms with Crippen molar-refractivity contribution in [2.75, 3.05) is 31.1 Å². The molecule has 0 aromatic carbocycles. The number of amides is 1. The van der Waals surface area contributed by atoms with Gasteiger partial charge < -0.3 is 0 Å². The van der Waals surface area contributed by atoms with Crippen molar-refractivity contribution in [1.82, 2.24) is 14.9 Å².